The number of fused-ring (bicyclic) bond motifs is 1. The quantitative estimate of drug-likeness (QED) is 0.177. The third kappa shape index (κ3) is 6.68. The summed E-state index contributed by atoms with van der Waals surface area (Å²) in [4.78, 5) is 38.2. The molecular weight excluding hydrogens is 566 g/mol. The summed E-state index contributed by atoms with van der Waals surface area (Å²) >= 11 is 1.60. The number of anilines is 2. The number of aromatic nitrogens is 3. The molecule has 0 bridgehead atoms. The predicted molar refractivity (Wildman–Crippen MR) is 167 cm³/mol. The van der Waals surface area contributed by atoms with Crippen LogP contribution in [0.4, 0.5) is 16.3 Å². The van der Waals surface area contributed by atoms with Crippen molar-refractivity contribution in [3.8, 4) is 16.9 Å². The van der Waals surface area contributed by atoms with Gasteiger partial charge in [0.15, 0.2) is 5.75 Å². The zero-order valence-electron chi connectivity index (χ0n) is 23.8. The summed E-state index contributed by atoms with van der Waals surface area (Å²) in [5, 5.41) is 9.09. The van der Waals surface area contributed by atoms with E-state index in [2.05, 4.69) is 37.0 Å². The van der Waals surface area contributed by atoms with Gasteiger partial charge in [0.2, 0.25) is 0 Å². The maximum absolute atomic E-state index is 12.7. The highest BCUT2D eigenvalue weighted by Crippen LogP contribution is 2.35. The summed E-state index contributed by atoms with van der Waals surface area (Å²) in [7, 11) is 0. The first kappa shape index (κ1) is 28.4. The Hall–Kier alpha value is -4.74. The summed E-state index contributed by atoms with van der Waals surface area (Å²) < 4.78 is 16.7. The molecule has 0 saturated carbocycles. The lowest BCUT2D eigenvalue weighted by Gasteiger charge is -2.16. The maximum Gasteiger partial charge on any atom is 0.411 e. The van der Waals surface area contributed by atoms with Crippen molar-refractivity contribution in [3.05, 3.63) is 98.7 Å². The molecule has 3 aromatic heterocycles. The Morgan fingerprint density at radius 2 is 1.95 bits per heavy atom. The Kier molecular flexibility index (Phi) is 8.34. The fourth-order valence-electron chi connectivity index (χ4n) is 4.87. The average molecular weight is 598 g/mol. The van der Waals surface area contributed by atoms with E-state index in [9.17, 15) is 9.59 Å². The molecule has 0 spiro atoms. The Morgan fingerprint density at radius 3 is 2.77 bits per heavy atom. The van der Waals surface area contributed by atoms with Gasteiger partial charge in [-0.3, -0.25) is 10.1 Å². The molecule has 1 saturated heterocycles. The molecular formula is C32H31N5O5S. The number of hydrogen-bond donors (Lipinski definition) is 3. The minimum atomic E-state index is -0.519. The molecule has 2 atom stereocenters. The van der Waals surface area contributed by atoms with Crippen LogP contribution in [0.3, 0.4) is 0 Å². The monoisotopic (exact) mass is 597 g/mol. The molecule has 0 radical (unpaired) electrons. The zero-order valence-corrected chi connectivity index (χ0v) is 24.6. The van der Waals surface area contributed by atoms with Crippen LogP contribution < -0.4 is 20.9 Å². The molecule has 3 N–H and O–H groups in total. The number of pyridine rings is 1. The minimum absolute atomic E-state index is 0.119. The number of nitrogens with zero attached hydrogens (tertiary/aromatic N) is 2. The SMILES string of the molecule is Cc1nc(N[C@H](C)c2cc(-c3ccccc3NC(=O)OCc3ccccc3)cs2)c2cc(O[C@H]3CCOC3)c(=O)[nH]c2n1. The van der Waals surface area contributed by atoms with E-state index in [0.717, 1.165) is 28.0 Å². The second-order valence-electron chi connectivity index (χ2n) is 10.3. The van der Waals surface area contributed by atoms with Gasteiger partial charge in [-0.25, -0.2) is 14.8 Å². The number of thiophene rings is 1. The van der Waals surface area contributed by atoms with E-state index < -0.39 is 6.09 Å². The smallest absolute Gasteiger partial charge is 0.411 e. The van der Waals surface area contributed by atoms with Crippen LogP contribution in [0, 0.1) is 6.92 Å². The summed E-state index contributed by atoms with van der Waals surface area (Å²) in [5.41, 5.74) is 3.53. The molecule has 11 heteroatoms. The van der Waals surface area contributed by atoms with E-state index in [4.69, 9.17) is 14.2 Å². The Morgan fingerprint density at radius 1 is 1.14 bits per heavy atom. The molecule has 1 amide bonds. The molecule has 4 heterocycles. The van der Waals surface area contributed by atoms with Crippen molar-refractivity contribution < 1.29 is 19.0 Å². The van der Waals surface area contributed by atoms with Crippen molar-refractivity contribution in [2.75, 3.05) is 23.8 Å². The van der Waals surface area contributed by atoms with Crippen molar-refractivity contribution in [2.24, 2.45) is 0 Å². The van der Waals surface area contributed by atoms with Crippen molar-refractivity contribution in [1.82, 2.24) is 15.0 Å². The summed E-state index contributed by atoms with van der Waals surface area (Å²) in [6, 6.07) is 20.8. The summed E-state index contributed by atoms with van der Waals surface area (Å²) in [6.07, 6.45) is 0.0562. The lowest BCUT2D eigenvalue weighted by Crippen LogP contribution is -2.21. The van der Waals surface area contributed by atoms with E-state index in [1.54, 1.807) is 24.3 Å². The van der Waals surface area contributed by atoms with Crippen molar-refractivity contribution in [3.63, 3.8) is 0 Å². The fraction of sp³-hybridized carbons (Fsp3) is 0.250. The molecule has 220 valence electrons. The number of hydrogen-bond acceptors (Lipinski definition) is 9. The second-order valence-corrected chi connectivity index (χ2v) is 11.2. The van der Waals surface area contributed by atoms with Gasteiger partial charge >= 0.3 is 6.09 Å². The number of amides is 1. The third-order valence-corrected chi connectivity index (χ3v) is 8.17. The number of rotatable bonds is 9. The van der Waals surface area contributed by atoms with Crippen LogP contribution in [0.5, 0.6) is 5.75 Å². The number of carbonyl (C=O) groups is 1. The largest absolute Gasteiger partial charge is 0.482 e. The van der Waals surface area contributed by atoms with E-state index in [0.29, 0.717) is 41.6 Å². The third-order valence-electron chi connectivity index (χ3n) is 7.06. The van der Waals surface area contributed by atoms with Gasteiger partial charge < -0.3 is 24.5 Å². The van der Waals surface area contributed by atoms with E-state index in [-0.39, 0.29) is 30.1 Å². The number of ether oxygens (including phenoxy) is 3. The number of benzene rings is 2. The van der Waals surface area contributed by atoms with Crippen LogP contribution in [0.15, 0.2) is 76.9 Å². The highest BCUT2D eigenvalue weighted by molar-refractivity contribution is 7.10. The normalized spacial score (nSPS) is 15.3. The molecule has 1 fully saturated rings. The highest BCUT2D eigenvalue weighted by Gasteiger charge is 2.21. The van der Waals surface area contributed by atoms with Crippen LogP contribution in [-0.4, -0.2) is 40.4 Å². The molecule has 2 aromatic carbocycles. The molecule has 10 nitrogen and oxygen atoms in total. The van der Waals surface area contributed by atoms with Crippen LogP contribution in [0.2, 0.25) is 0 Å². The van der Waals surface area contributed by atoms with Crippen LogP contribution >= 0.6 is 11.3 Å². The van der Waals surface area contributed by atoms with Crippen molar-refractivity contribution >= 4 is 40.0 Å². The molecule has 6 rings (SSSR count). The number of aryl methyl sites for hydroxylation is 1. The molecule has 1 aliphatic heterocycles. The summed E-state index contributed by atoms with van der Waals surface area (Å²) in [6.45, 7) is 5.09. The van der Waals surface area contributed by atoms with Crippen molar-refractivity contribution in [1.29, 1.82) is 0 Å². The van der Waals surface area contributed by atoms with E-state index in [1.807, 2.05) is 61.5 Å². The predicted octanol–water partition coefficient (Wildman–Crippen LogP) is 6.44. The average Bonchev–Trinajstić information content (AvgIpc) is 3.71. The Labute approximate surface area is 252 Å². The molecule has 0 unspecified atom stereocenters. The minimum Gasteiger partial charge on any atom is -0.482 e. The van der Waals surface area contributed by atoms with Crippen LogP contribution in [0.25, 0.3) is 22.2 Å². The highest BCUT2D eigenvalue weighted by atomic mass is 32.1. The Bertz CT molecular complexity index is 1800. The summed E-state index contributed by atoms with van der Waals surface area (Å²) in [5.74, 6) is 1.34. The zero-order chi connectivity index (χ0) is 29.8. The molecule has 1 aliphatic rings. The molecule has 5 aromatic rings. The first-order valence-electron chi connectivity index (χ1n) is 14.0. The van der Waals surface area contributed by atoms with Gasteiger partial charge in [0, 0.05) is 22.9 Å². The lowest BCUT2D eigenvalue weighted by atomic mass is 10.1. The van der Waals surface area contributed by atoms with Crippen molar-refractivity contribution in [2.45, 2.75) is 39.0 Å². The number of H-pyrrole nitrogens is 1. The maximum atomic E-state index is 12.7. The van der Waals surface area contributed by atoms with E-state index >= 15 is 0 Å². The van der Waals surface area contributed by atoms with Gasteiger partial charge in [-0.2, -0.15) is 0 Å². The van der Waals surface area contributed by atoms with Gasteiger partial charge in [-0.15, -0.1) is 11.3 Å². The van der Waals surface area contributed by atoms with Gasteiger partial charge in [0.05, 0.1) is 30.3 Å². The standard InChI is InChI=1S/C32H31N5O5S/c1-19(33-29-25-15-27(42-23-12-13-40-17-23)31(38)37-30(25)35-20(2)34-29)28-14-22(18-43-28)24-10-6-7-11-26(24)36-32(39)41-16-21-8-4-3-5-9-21/h3-11,14-15,18-19,23H,12-13,16-17H2,1-2H3,(H,36,39)(H2,33,34,35,37,38)/t19-,23+/m1/s1. The van der Waals surface area contributed by atoms with Gasteiger partial charge in [-0.1, -0.05) is 48.5 Å². The molecule has 0 aliphatic carbocycles. The number of aromatic amines is 1. The lowest BCUT2D eigenvalue weighted by molar-refractivity contribution is 0.140. The Balaban J connectivity index is 1.19. The first-order chi connectivity index (χ1) is 20.9. The van der Waals surface area contributed by atoms with Gasteiger partial charge in [-0.05, 0) is 42.5 Å². The number of carbonyl (C=O) groups excluding carboxylic acids is 1. The molecule has 43 heavy (non-hydrogen) atoms. The number of nitrogens with one attached hydrogen (secondary N) is 3. The van der Waals surface area contributed by atoms with Crippen LogP contribution in [0.1, 0.15) is 35.7 Å². The van der Waals surface area contributed by atoms with E-state index in [1.165, 1.54) is 0 Å². The number of para-hydroxylation sites is 1. The first-order valence-corrected chi connectivity index (χ1v) is 14.9. The second kappa shape index (κ2) is 12.6. The van der Waals surface area contributed by atoms with Gasteiger partial charge in [0.1, 0.15) is 30.0 Å². The van der Waals surface area contributed by atoms with Gasteiger partial charge in [0.25, 0.3) is 5.56 Å². The fourth-order valence-corrected chi connectivity index (χ4v) is 5.79. The topological polar surface area (TPSA) is 127 Å². The van der Waals surface area contributed by atoms with Crippen LogP contribution in [-0.2, 0) is 16.1 Å².